The highest BCUT2D eigenvalue weighted by Gasteiger charge is 2.35. The molecule has 1 unspecified atom stereocenters. The molecule has 3 rings (SSSR count). The van der Waals surface area contributed by atoms with Crippen molar-refractivity contribution in [1.82, 2.24) is 15.1 Å². The third kappa shape index (κ3) is 4.05. The summed E-state index contributed by atoms with van der Waals surface area (Å²) in [6.07, 6.45) is 5.13. The number of carbonyl (C=O) groups excluding carboxylic acids is 3. The van der Waals surface area contributed by atoms with E-state index in [1.165, 1.54) is 17.7 Å². The van der Waals surface area contributed by atoms with Gasteiger partial charge in [0.25, 0.3) is 17.7 Å². The molecule has 0 aromatic heterocycles. The Morgan fingerprint density at radius 1 is 1.11 bits per heavy atom. The van der Waals surface area contributed by atoms with E-state index in [4.69, 9.17) is 0 Å². The van der Waals surface area contributed by atoms with Crippen LogP contribution in [0.2, 0.25) is 0 Å². The second-order valence-electron chi connectivity index (χ2n) is 7.39. The molecule has 2 heterocycles. The maximum absolute atomic E-state index is 12.6. The number of rotatable bonds is 8. The van der Waals surface area contributed by atoms with E-state index in [2.05, 4.69) is 17.1 Å². The predicted molar refractivity (Wildman–Crippen MR) is 104 cm³/mol. The summed E-state index contributed by atoms with van der Waals surface area (Å²) in [7, 11) is 0. The normalized spacial score (nSPS) is 18.1. The first-order valence-corrected chi connectivity index (χ1v) is 10.1. The fourth-order valence-corrected chi connectivity index (χ4v) is 3.90. The van der Waals surface area contributed by atoms with E-state index in [9.17, 15) is 14.4 Å². The molecule has 0 spiro atoms. The van der Waals surface area contributed by atoms with Crippen molar-refractivity contribution in [2.45, 2.75) is 52.0 Å². The third-order valence-electron chi connectivity index (χ3n) is 5.59. The summed E-state index contributed by atoms with van der Waals surface area (Å²) in [5.74, 6) is -0.736. The minimum absolute atomic E-state index is 0.192. The molecule has 6 nitrogen and oxygen atoms in total. The van der Waals surface area contributed by atoms with Crippen molar-refractivity contribution < 1.29 is 14.4 Å². The summed E-state index contributed by atoms with van der Waals surface area (Å²) in [5.41, 5.74) is 1.18. The van der Waals surface area contributed by atoms with Gasteiger partial charge in [0.2, 0.25) is 0 Å². The highest BCUT2D eigenvalue weighted by molar-refractivity contribution is 6.22. The SMILES string of the molecule is CCCCN1C(=O)c2ccc(C(=O)NCC(CC)N3CCCC3)cc2C1=O. The Hall–Kier alpha value is -2.21. The molecule has 1 aromatic carbocycles. The smallest absolute Gasteiger partial charge is 0.261 e. The van der Waals surface area contributed by atoms with Crippen LogP contribution in [0.1, 0.15) is 77.0 Å². The molecular formula is C21H29N3O3. The molecule has 0 bridgehead atoms. The molecule has 1 N–H and O–H groups in total. The van der Waals surface area contributed by atoms with Gasteiger partial charge < -0.3 is 5.32 Å². The van der Waals surface area contributed by atoms with Gasteiger partial charge in [0.1, 0.15) is 0 Å². The molecule has 6 heteroatoms. The van der Waals surface area contributed by atoms with Crippen molar-refractivity contribution in [3.05, 3.63) is 34.9 Å². The minimum Gasteiger partial charge on any atom is -0.350 e. The second kappa shape index (κ2) is 8.65. The van der Waals surface area contributed by atoms with Crippen molar-refractivity contribution in [2.24, 2.45) is 0 Å². The number of nitrogens with zero attached hydrogens (tertiary/aromatic N) is 2. The lowest BCUT2D eigenvalue weighted by atomic mass is 10.1. The lowest BCUT2D eigenvalue weighted by Crippen LogP contribution is -2.42. The van der Waals surface area contributed by atoms with E-state index in [0.717, 1.165) is 32.4 Å². The standard InChI is InChI=1S/C21H29N3O3/c1-3-5-12-24-20(26)17-9-8-15(13-18(17)21(24)27)19(25)22-14-16(4-2)23-10-6-7-11-23/h8-9,13,16H,3-7,10-12,14H2,1-2H3,(H,22,25). The molecule has 2 aliphatic heterocycles. The van der Waals surface area contributed by atoms with Crippen LogP contribution in [0.3, 0.4) is 0 Å². The van der Waals surface area contributed by atoms with Gasteiger partial charge in [-0.25, -0.2) is 0 Å². The quantitative estimate of drug-likeness (QED) is 0.714. The molecule has 146 valence electrons. The number of amides is 3. The van der Waals surface area contributed by atoms with Gasteiger partial charge in [0.15, 0.2) is 0 Å². The molecule has 1 aromatic rings. The van der Waals surface area contributed by atoms with Crippen LogP contribution >= 0.6 is 0 Å². The number of carbonyl (C=O) groups is 3. The Balaban J connectivity index is 1.66. The number of hydrogen-bond donors (Lipinski definition) is 1. The molecule has 0 saturated carbocycles. The summed E-state index contributed by atoms with van der Waals surface area (Å²) in [5, 5.41) is 3.00. The van der Waals surface area contributed by atoms with E-state index < -0.39 is 0 Å². The van der Waals surface area contributed by atoms with E-state index in [1.807, 2.05) is 6.92 Å². The Kier molecular flexibility index (Phi) is 6.26. The number of hydrogen-bond acceptors (Lipinski definition) is 4. The van der Waals surface area contributed by atoms with E-state index >= 15 is 0 Å². The number of likely N-dealkylation sites (tertiary alicyclic amines) is 1. The van der Waals surface area contributed by atoms with Crippen LogP contribution in [0.4, 0.5) is 0 Å². The first-order chi connectivity index (χ1) is 13.1. The van der Waals surface area contributed by atoms with Crippen molar-refractivity contribution in [2.75, 3.05) is 26.2 Å². The van der Waals surface area contributed by atoms with Crippen LogP contribution in [-0.4, -0.2) is 59.7 Å². The Morgan fingerprint density at radius 2 is 1.81 bits per heavy atom. The average molecular weight is 371 g/mol. The first-order valence-electron chi connectivity index (χ1n) is 10.1. The first kappa shape index (κ1) is 19.5. The minimum atomic E-state index is -0.290. The lowest BCUT2D eigenvalue weighted by Gasteiger charge is -2.26. The van der Waals surface area contributed by atoms with Gasteiger partial charge in [-0.05, 0) is 57.0 Å². The van der Waals surface area contributed by atoms with Gasteiger partial charge in [0, 0.05) is 24.7 Å². The zero-order valence-corrected chi connectivity index (χ0v) is 16.3. The number of fused-ring (bicyclic) bond motifs is 1. The second-order valence-corrected chi connectivity index (χ2v) is 7.39. The maximum Gasteiger partial charge on any atom is 0.261 e. The Bertz CT molecular complexity index is 725. The van der Waals surface area contributed by atoms with Gasteiger partial charge in [-0.3, -0.25) is 24.2 Å². The van der Waals surface area contributed by atoms with Crippen molar-refractivity contribution >= 4 is 17.7 Å². The Labute approximate surface area is 160 Å². The number of imide groups is 1. The lowest BCUT2D eigenvalue weighted by molar-refractivity contribution is 0.0652. The molecule has 0 aliphatic carbocycles. The largest absolute Gasteiger partial charge is 0.350 e. The van der Waals surface area contributed by atoms with Gasteiger partial charge in [-0.2, -0.15) is 0 Å². The maximum atomic E-state index is 12.6. The molecule has 3 amide bonds. The van der Waals surface area contributed by atoms with Gasteiger partial charge in [-0.1, -0.05) is 20.3 Å². The van der Waals surface area contributed by atoms with Gasteiger partial charge in [0.05, 0.1) is 11.1 Å². The van der Waals surface area contributed by atoms with Gasteiger partial charge in [-0.15, -0.1) is 0 Å². The molecule has 0 radical (unpaired) electrons. The van der Waals surface area contributed by atoms with Gasteiger partial charge >= 0.3 is 0 Å². The molecular weight excluding hydrogens is 342 g/mol. The fourth-order valence-electron chi connectivity index (χ4n) is 3.90. The van der Waals surface area contributed by atoms with E-state index in [1.54, 1.807) is 18.2 Å². The average Bonchev–Trinajstić information content (AvgIpc) is 3.29. The zero-order chi connectivity index (χ0) is 19.4. The Morgan fingerprint density at radius 3 is 2.48 bits per heavy atom. The molecule has 27 heavy (non-hydrogen) atoms. The number of benzene rings is 1. The number of unbranched alkanes of at least 4 members (excludes halogenated alkanes) is 1. The van der Waals surface area contributed by atoms with Crippen LogP contribution in [0.15, 0.2) is 18.2 Å². The zero-order valence-electron chi connectivity index (χ0n) is 16.3. The van der Waals surface area contributed by atoms with E-state index in [-0.39, 0.29) is 17.7 Å². The highest BCUT2D eigenvalue weighted by Crippen LogP contribution is 2.24. The molecule has 2 aliphatic rings. The summed E-state index contributed by atoms with van der Waals surface area (Å²) in [6, 6.07) is 5.15. The summed E-state index contributed by atoms with van der Waals surface area (Å²) < 4.78 is 0. The molecule has 1 saturated heterocycles. The fraction of sp³-hybridized carbons (Fsp3) is 0.571. The predicted octanol–water partition coefficient (Wildman–Crippen LogP) is 2.69. The van der Waals surface area contributed by atoms with Crippen LogP contribution in [0.25, 0.3) is 0 Å². The van der Waals surface area contributed by atoms with Crippen molar-refractivity contribution in [1.29, 1.82) is 0 Å². The summed E-state index contributed by atoms with van der Waals surface area (Å²) in [4.78, 5) is 41.2. The van der Waals surface area contributed by atoms with Crippen molar-refractivity contribution in [3.8, 4) is 0 Å². The van der Waals surface area contributed by atoms with Crippen LogP contribution < -0.4 is 5.32 Å². The van der Waals surface area contributed by atoms with E-state index in [0.29, 0.717) is 35.8 Å². The molecule has 1 atom stereocenters. The number of nitrogens with one attached hydrogen (secondary N) is 1. The van der Waals surface area contributed by atoms with Crippen LogP contribution in [0.5, 0.6) is 0 Å². The highest BCUT2D eigenvalue weighted by atomic mass is 16.2. The van der Waals surface area contributed by atoms with Crippen LogP contribution in [-0.2, 0) is 0 Å². The third-order valence-corrected chi connectivity index (χ3v) is 5.59. The topological polar surface area (TPSA) is 69.7 Å². The summed E-state index contributed by atoms with van der Waals surface area (Å²) >= 11 is 0. The van der Waals surface area contributed by atoms with Crippen LogP contribution in [0, 0.1) is 0 Å². The van der Waals surface area contributed by atoms with Crippen molar-refractivity contribution in [3.63, 3.8) is 0 Å². The summed E-state index contributed by atoms with van der Waals surface area (Å²) in [6.45, 7) is 7.38. The molecule has 1 fully saturated rings. The monoisotopic (exact) mass is 371 g/mol.